The van der Waals surface area contributed by atoms with E-state index in [9.17, 15) is 5.11 Å². The maximum Gasteiger partial charge on any atom is 0.118 e. The van der Waals surface area contributed by atoms with E-state index in [1.165, 1.54) is 11.8 Å². The number of likely N-dealkylation sites (tertiary alicyclic amines) is 1. The van der Waals surface area contributed by atoms with Gasteiger partial charge in [0.05, 0.1) is 6.04 Å². The van der Waals surface area contributed by atoms with Crippen LogP contribution in [-0.2, 0) is 6.54 Å². The Morgan fingerprint density at radius 2 is 1.81 bits per heavy atom. The molecule has 0 radical (unpaired) electrons. The van der Waals surface area contributed by atoms with Crippen molar-refractivity contribution in [3.63, 3.8) is 0 Å². The van der Waals surface area contributed by atoms with Gasteiger partial charge in [-0.25, -0.2) is 0 Å². The Morgan fingerprint density at radius 3 is 2.51 bits per heavy atom. The van der Waals surface area contributed by atoms with E-state index in [0.29, 0.717) is 18.3 Å². The van der Waals surface area contributed by atoms with E-state index in [2.05, 4.69) is 64.6 Å². The summed E-state index contributed by atoms with van der Waals surface area (Å²) < 4.78 is 0. The summed E-state index contributed by atoms with van der Waals surface area (Å²) in [6.45, 7) is 14.9. The second-order valence-electron chi connectivity index (χ2n) is 9.51. The van der Waals surface area contributed by atoms with Crippen LogP contribution in [0.25, 0.3) is 0 Å². The first kappa shape index (κ1) is 28.0. The van der Waals surface area contributed by atoms with Gasteiger partial charge in [-0.15, -0.1) is 0 Å². The highest BCUT2D eigenvalue weighted by molar-refractivity contribution is 5.81. The Labute approximate surface area is 222 Å². The van der Waals surface area contributed by atoms with Crippen LogP contribution in [0.1, 0.15) is 60.5 Å². The van der Waals surface area contributed by atoms with Crippen LogP contribution in [0.5, 0.6) is 5.75 Å². The SMILES string of the molecule is C=C(NCc1ccc(C)c(O)c1)C(c1ccccc1)N1CCCC(Nc2ccc(C)c(C=N)c2)C1.CC. The normalized spacial score (nSPS) is 16.2. The Kier molecular flexibility index (Phi) is 10.3. The second-order valence-corrected chi connectivity index (χ2v) is 9.51. The number of nitrogens with one attached hydrogen (secondary N) is 3. The van der Waals surface area contributed by atoms with Crippen molar-refractivity contribution >= 4 is 11.9 Å². The molecule has 0 spiro atoms. The molecule has 1 aliphatic rings. The maximum absolute atomic E-state index is 10.1. The molecular formula is C32H42N4O. The average molecular weight is 499 g/mol. The predicted molar refractivity (Wildman–Crippen MR) is 157 cm³/mol. The number of phenolic OH excluding ortho intramolecular Hbond substituents is 1. The first-order valence-corrected chi connectivity index (χ1v) is 13.3. The van der Waals surface area contributed by atoms with Crippen LogP contribution in [0.15, 0.2) is 79.0 Å². The summed E-state index contributed by atoms with van der Waals surface area (Å²) in [7, 11) is 0. The number of anilines is 1. The Morgan fingerprint density at radius 1 is 1.08 bits per heavy atom. The summed E-state index contributed by atoms with van der Waals surface area (Å²) in [4.78, 5) is 2.50. The number of piperidine rings is 1. The highest BCUT2D eigenvalue weighted by Crippen LogP contribution is 2.30. The van der Waals surface area contributed by atoms with Gasteiger partial charge in [-0.05, 0) is 79.3 Å². The molecule has 0 bridgehead atoms. The molecule has 4 N–H and O–H groups in total. The van der Waals surface area contributed by atoms with E-state index in [-0.39, 0.29) is 6.04 Å². The molecule has 0 saturated carbocycles. The van der Waals surface area contributed by atoms with Crippen LogP contribution >= 0.6 is 0 Å². The van der Waals surface area contributed by atoms with Crippen LogP contribution in [0.4, 0.5) is 5.69 Å². The lowest BCUT2D eigenvalue weighted by Gasteiger charge is -2.40. The number of hydrogen-bond donors (Lipinski definition) is 4. The van der Waals surface area contributed by atoms with E-state index in [1.54, 1.807) is 0 Å². The minimum absolute atomic E-state index is 0.0509. The van der Waals surface area contributed by atoms with Crippen molar-refractivity contribution in [2.24, 2.45) is 0 Å². The molecule has 5 heteroatoms. The van der Waals surface area contributed by atoms with Crippen molar-refractivity contribution in [2.45, 2.75) is 59.2 Å². The van der Waals surface area contributed by atoms with Crippen LogP contribution in [-0.4, -0.2) is 35.4 Å². The van der Waals surface area contributed by atoms with Gasteiger partial charge >= 0.3 is 0 Å². The number of rotatable bonds is 9. The quantitative estimate of drug-likeness (QED) is 0.241. The zero-order valence-electron chi connectivity index (χ0n) is 22.7. The van der Waals surface area contributed by atoms with Gasteiger partial charge in [0, 0.05) is 36.7 Å². The van der Waals surface area contributed by atoms with E-state index in [4.69, 9.17) is 5.41 Å². The summed E-state index contributed by atoms with van der Waals surface area (Å²) in [6, 6.07) is 23.0. The zero-order chi connectivity index (χ0) is 26.8. The molecule has 2 unspecified atom stereocenters. The molecule has 5 nitrogen and oxygen atoms in total. The third kappa shape index (κ3) is 7.46. The summed E-state index contributed by atoms with van der Waals surface area (Å²) in [6.07, 6.45) is 3.63. The summed E-state index contributed by atoms with van der Waals surface area (Å²) in [5.41, 5.74) is 7.21. The third-order valence-corrected chi connectivity index (χ3v) is 6.86. The van der Waals surface area contributed by atoms with Crippen molar-refractivity contribution in [1.82, 2.24) is 10.2 Å². The fourth-order valence-corrected chi connectivity index (χ4v) is 4.83. The van der Waals surface area contributed by atoms with Crippen LogP contribution in [0.3, 0.4) is 0 Å². The first-order chi connectivity index (χ1) is 17.9. The van der Waals surface area contributed by atoms with Gasteiger partial charge in [-0.3, -0.25) is 4.90 Å². The first-order valence-electron chi connectivity index (χ1n) is 13.3. The lowest BCUT2D eigenvalue weighted by molar-refractivity contribution is 0.170. The summed E-state index contributed by atoms with van der Waals surface area (Å²) in [5, 5.41) is 25.0. The standard InChI is InChI=1S/C30H36N4O.C2H6/c1-21-12-14-27(17-26(21)18-31)33-28-10-7-15-34(20-28)30(25-8-5-4-6-9-25)23(3)32-19-24-13-11-22(2)29(35)16-24;1-2/h4-6,8-9,11-14,16-18,28,30-33,35H,3,7,10,15,19-20H2,1-2H3;1-2H3. The smallest absolute Gasteiger partial charge is 0.118 e. The fourth-order valence-electron chi connectivity index (χ4n) is 4.83. The molecule has 1 fully saturated rings. The topological polar surface area (TPSA) is 71.4 Å². The maximum atomic E-state index is 10.1. The van der Waals surface area contributed by atoms with E-state index < -0.39 is 0 Å². The number of phenols is 1. The average Bonchev–Trinajstić information content (AvgIpc) is 2.92. The van der Waals surface area contributed by atoms with Gasteiger partial charge in [0.2, 0.25) is 0 Å². The van der Waals surface area contributed by atoms with Crippen LogP contribution < -0.4 is 10.6 Å². The number of hydrogen-bond acceptors (Lipinski definition) is 5. The Hall–Kier alpha value is -3.57. The molecule has 2 atom stereocenters. The highest BCUT2D eigenvalue weighted by Gasteiger charge is 2.29. The molecule has 196 valence electrons. The minimum Gasteiger partial charge on any atom is -0.508 e. The van der Waals surface area contributed by atoms with E-state index in [1.807, 2.05) is 52.0 Å². The molecule has 1 heterocycles. The van der Waals surface area contributed by atoms with Crippen molar-refractivity contribution in [3.05, 3.63) is 107 Å². The van der Waals surface area contributed by atoms with Gasteiger partial charge < -0.3 is 21.1 Å². The molecule has 37 heavy (non-hydrogen) atoms. The van der Waals surface area contributed by atoms with Crippen LogP contribution in [0.2, 0.25) is 0 Å². The number of aromatic hydroxyl groups is 1. The molecule has 3 aromatic carbocycles. The third-order valence-electron chi connectivity index (χ3n) is 6.86. The van der Waals surface area contributed by atoms with E-state index >= 15 is 0 Å². The van der Waals surface area contributed by atoms with Crippen molar-refractivity contribution < 1.29 is 5.11 Å². The van der Waals surface area contributed by atoms with Gasteiger partial charge in [0.1, 0.15) is 5.75 Å². The minimum atomic E-state index is 0.0509. The van der Waals surface area contributed by atoms with Gasteiger partial charge in [-0.1, -0.05) is 69.0 Å². The highest BCUT2D eigenvalue weighted by atomic mass is 16.3. The molecule has 4 rings (SSSR count). The molecule has 0 amide bonds. The number of benzene rings is 3. The van der Waals surface area contributed by atoms with Crippen molar-refractivity contribution in [2.75, 3.05) is 18.4 Å². The van der Waals surface area contributed by atoms with Crippen molar-refractivity contribution in [1.29, 1.82) is 5.41 Å². The Balaban J connectivity index is 0.00000186. The summed E-state index contributed by atoms with van der Waals surface area (Å²) in [5.74, 6) is 0.321. The molecule has 1 aliphatic heterocycles. The van der Waals surface area contributed by atoms with Gasteiger partial charge in [0.15, 0.2) is 0 Å². The second kappa shape index (κ2) is 13.7. The summed E-state index contributed by atoms with van der Waals surface area (Å²) >= 11 is 0. The molecule has 0 aliphatic carbocycles. The number of aryl methyl sites for hydroxylation is 2. The zero-order valence-corrected chi connectivity index (χ0v) is 22.7. The van der Waals surface area contributed by atoms with E-state index in [0.717, 1.165) is 59.6 Å². The molecule has 0 aromatic heterocycles. The predicted octanol–water partition coefficient (Wildman–Crippen LogP) is 6.95. The molecule has 1 saturated heterocycles. The lowest BCUT2D eigenvalue weighted by Crippen LogP contribution is -2.45. The largest absolute Gasteiger partial charge is 0.508 e. The lowest BCUT2D eigenvalue weighted by atomic mass is 9.97. The number of nitrogens with zero attached hydrogens (tertiary/aromatic N) is 1. The fraction of sp³-hybridized carbons (Fsp3) is 0.344. The monoisotopic (exact) mass is 498 g/mol. The van der Waals surface area contributed by atoms with Gasteiger partial charge in [0.25, 0.3) is 0 Å². The molecular weight excluding hydrogens is 456 g/mol. The Bertz CT molecular complexity index is 1170. The molecule has 3 aromatic rings. The van der Waals surface area contributed by atoms with Gasteiger partial charge in [-0.2, -0.15) is 0 Å². The van der Waals surface area contributed by atoms with Crippen LogP contribution in [0, 0.1) is 19.3 Å². The van der Waals surface area contributed by atoms with Crippen molar-refractivity contribution in [3.8, 4) is 5.75 Å².